The van der Waals surface area contributed by atoms with Crippen molar-refractivity contribution in [1.82, 2.24) is 0 Å². The third kappa shape index (κ3) is 5.51. The fourth-order valence-corrected chi connectivity index (χ4v) is 4.91. The molecular weight excluding hydrogens is 380 g/mol. The van der Waals surface area contributed by atoms with Crippen LogP contribution < -0.4 is 0 Å². The van der Waals surface area contributed by atoms with Gasteiger partial charge in [-0.3, -0.25) is 0 Å². The third-order valence-corrected chi connectivity index (χ3v) is 6.75. The summed E-state index contributed by atoms with van der Waals surface area (Å²) >= 11 is 0. The average Bonchev–Trinajstić information content (AvgIpc) is 3.00. The number of cyclic esters (lactones) is 1. The molecule has 0 bridgehead atoms. The summed E-state index contributed by atoms with van der Waals surface area (Å²) in [4.78, 5) is 11.3. The highest BCUT2D eigenvalue weighted by atomic mass is 16.6. The van der Waals surface area contributed by atoms with Crippen LogP contribution in [0.1, 0.15) is 79.1 Å². The van der Waals surface area contributed by atoms with Crippen LogP contribution in [0, 0.1) is 5.41 Å². The summed E-state index contributed by atoms with van der Waals surface area (Å²) in [6, 6.07) is 0. The lowest BCUT2D eigenvalue weighted by Gasteiger charge is -2.35. The fourth-order valence-electron chi connectivity index (χ4n) is 4.91. The lowest BCUT2D eigenvalue weighted by molar-refractivity contribution is -0.155. The Balaban J connectivity index is 1.49. The van der Waals surface area contributed by atoms with E-state index in [1.807, 2.05) is 6.08 Å². The van der Waals surface area contributed by atoms with Gasteiger partial charge in [-0.1, -0.05) is 42.7 Å². The molecule has 2 N–H and O–H groups in total. The summed E-state index contributed by atoms with van der Waals surface area (Å²) in [7, 11) is 0. The molecule has 0 unspecified atom stereocenters. The first-order valence-electron chi connectivity index (χ1n) is 11.1. The molecule has 0 radical (unpaired) electrons. The van der Waals surface area contributed by atoms with Crippen LogP contribution in [0.15, 0.2) is 46.1 Å². The van der Waals surface area contributed by atoms with Gasteiger partial charge in [0.05, 0.1) is 6.10 Å². The lowest BCUT2D eigenvalue weighted by atomic mass is 9.71. The van der Waals surface area contributed by atoms with E-state index in [4.69, 9.17) is 9.47 Å². The van der Waals surface area contributed by atoms with E-state index in [9.17, 15) is 15.0 Å². The predicted octanol–water partition coefficient (Wildman–Crippen LogP) is 4.86. The number of rotatable bonds is 7. The SMILES string of the molecule is CC1=C(CC/C(C)=C/CCC2=CC[C@@H](C3=CC(=O)O[C@@H]3O)O[C@@H]2O)C(C)(C)CCC1. The maximum absolute atomic E-state index is 11.3. The van der Waals surface area contributed by atoms with Crippen molar-refractivity contribution in [3.8, 4) is 0 Å². The molecule has 0 saturated carbocycles. The number of hydrogen-bond donors (Lipinski definition) is 2. The highest BCUT2D eigenvalue weighted by molar-refractivity contribution is 5.85. The Labute approximate surface area is 180 Å². The first-order chi connectivity index (χ1) is 14.2. The standard InChI is InChI=1S/C25H36O5/c1-16(10-12-20-17(2)8-6-14-25(20,3)4)7-5-9-18-11-13-21(29-23(18)27)19-15-22(26)30-24(19)28/h7,11,15,21,23-24,27-28H,5-6,8-10,12-14H2,1-4H3/b16-7+/t21-,23-,24-/m0/s1. The Morgan fingerprint density at radius 1 is 1.27 bits per heavy atom. The van der Waals surface area contributed by atoms with E-state index >= 15 is 0 Å². The Kier molecular flexibility index (Phi) is 7.38. The van der Waals surface area contributed by atoms with E-state index in [2.05, 4.69) is 33.8 Å². The molecule has 0 saturated heterocycles. The molecule has 3 atom stereocenters. The Morgan fingerprint density at radius 3 is 2.67 bits per heavy atom. The normalized spacial score (nSPS) is 29.6. The number of aliphatic hydroxyl groups is 2. The molecule has 0 aromatic heterocycles. The molecule has 1 aliphatic carbocycles. The molecule has 5 nitrogen and oxygen atoms in total. The average molecular weight is 417 g/mol. The van der Waals surface area contributed by atoms with Gasteiger partial charge in [-0.25, -0.2) is 4.79 Å². The molecule has 3 aliphatic rings. The minimum absolute atomic E-state index is 0.325. The van der Waals surface area contributed by atoms with Crippen molar-refractivity contribution < 1.29 is 24.5 Å². The zero-order valence-corrected chi connectivity index (χ0v) is 18.7. The van der Waals surface area contributed by atoms with Gasteiger partial charge in [-0.2, -0.15) is 0 Å². The molecule has 166 valence electrons. The smallest absolute Gasteiger partial charge is 0.333 e. The van der Waals surface area contributed by atoms with Gasteiger partial charge in [0.25, 0.3) is 0 Å². The summed E-state index contributed by atoms with van der Waals surface area (Å²) in [6.07, 6.45) is 10.8. The van der Waals surface area contributed by atoms with Crippen molar-refractivity contribution >= 4 is 5.97 Å². The Bertz CT molecular complexity index is 783. The Morgan fingerprint density at radius 2 is 2.03 bits per heavy atom. The molecule has 30 heavy (non-hydrogen) atoms. The van der Waals surface area contributed by atoms with E-state index in [-0.39, 0.29) is 0 Å². The number of carbonyl (C=O) groups is 1. The number of esters is 1. The second-order valence-corrected chi connectivity index (χ2v) is 9.51. The van der Waals surface area contributed by atoms with Gasteiger partial charge >= 0.3 is 5.97 Å². The molecule has 3 rings (SSSR count). The highest BCUT2D eigenvalue weighted by Crippen LogP contribution is 2.42. The lowest BCUT2D eigenvalue weighted by Crippen LogP contribution is -2.32. The van der Waals surface area contributed by atoms with Gasteiger partial charge in [0, 0.05) is 11.6 Å². The van der Waals surface area contributed by atoms with E-state index in [0.29, 0.717) is 17.4 Å². The summed E-state index contributed by atoms with van der Waals surface area (Å²) in [5.41, 5.74) is 6.15. The molecule has 0 fully saturated rings. The number of allylic oxidation sites excluding steroid dienone is 4. The third-order valence-electron chi connectivity index (χ3n) is 6.75. The molecule has 0 aromatic rings. The largest absolute Gasteiger partial charge is 0.429 e. The van der Waals surface area contributed by atoms with Crippen molar-refractivity contribution in [2.45, 2.75) is 97.7 Å². The van der Waals surface area contributed by atoms with Gasteiger partial charge in [0.2, 0.25) is 6.29 Å². The number of carbonyl (C=O) groups excluding carboxylic acids is 1. The zero-order valence-electron chi connectivity index (χ0n) is 18.7. The quantitative estimate of drug-likeness (QED) is 0.458. The van der Waals surface area contributed by atoms with Crippen molar-refractivity contribution in [2.24, 2.45) is 5.41 Å². The first kappa shape index (κ1) is 23.0. The molecule has 0 aromatic carbocycles. The fraction of sp³-hybridized carbons (Fsp3) is 0.640. The van der Waals surface area contributed by atoms with Crippen molar-refractivity contribution in [2.75, 3.05) is 0 Å². The van der Waals surface area contributed by atoms with Crippen LogP contribution >= 0.6 is 0 Å². The molecule has 5 heteroatoms. The van der Waals surface area contributed by atoms with Crippen LogP contribution in [0.5, 0.6) is 0 Å². The van der Waals surface area contributed by atoms with Crippen LogP contribution in [0.4, 0.5) is 0 Å². The van der Waals surface area contributed by atoms with Gasteiger partial charge in [0.1, 0.15) is 0 Å². The second kappa shape index (κ2) is 9.63. The molecule has 0 spiro atoms. The second-order valence-electron chi connectivity index (χ2n) is 9.51. The molecule has 2 aliphatic heterocycles. The predicted molar refractivity (Wildman–Crippen MR) is 116 cm³/mol. The van der Waals surface area contributed by atoms with E-state index in [1.54, 1.807) is 11.1 Å². The van der Waals surface area contributed by atoms with Crippen LogP contribution in [0.25, 0.3) is 0 Å². The van der Waals surface area contributed by atoms with Gasteiger partial charge in [-0.05, 0) is 76.2 Å². The molecular formula is C25H36O5. The van der Waals surface area contributed by atoms with Gasteiger partial charge < -0.3 is 19.7 Å². The summed E-state index contributed by atoms with van der Waals surface area (Å²) in [6.45, 7) is 9.23. The van der Waals surface area contributed by atoms with E-state index in [0.717, 1.165) is 31.3 Å². The van der Waals surface area contributed by atoms with E-state index in [1.165, 1.54) is 30.9 Å². The highest BCUT2D eigenvalue weighted by Gasteiger charge is 2.34. The van der Waals surface area contributed by atoms with Crippen molar-refractivity contribution in [1.29, 1.82) is 0 Å². The van der Waals surface area contributed by atoms with Crippen LogP contribution in [-0.2, 0) is 14.3 Å². The van der Waals surface area contributed by atoms with Gasteiger partial charge in [-0.15, -0.1) is 0 Å². The summed E-state index contributed by atoms with van der Waals surface area (Å²) in [5, 5.41) is 20.1. The number of ether oxygens (including phenoxy) is 2. The summed E-state index contributed by atoms with van der Waals surface area (Å²) in [5.74, 6) is -0.575. The molecule has 0 amide bonds. The minimum atomic E-state index is -1.27. The minimum Gasteiger partial charge on any atom is -0.429 e. The van der Waals surface area contributed by atoms with E-state index < -0.39 is 24.7 Å². The topological polar surface area (TPSA) is 76.0 Å². The van der Waals surface area contributed by atoms with Crippen molar-refractivity contribution in [3.63, 3.8) is 0 Å². The maximum atomic E-state index is 11.3. The zero-order chi connectivity index (χ0) is 21.9. The number of hydrogen-bond acceptors (Lipinski definition) is 5. The van der Waals surface area contributed by atoms with Gasteiger partial charge in [0.15, 0.2) is 6.29 Å². The maximum Gasteiger partial charge on any atom is 0.333 e. The van der Waals surface area contributed by atoms with Crippen molar-refractivity contribution in [3.05, 3.63) is 46.1 Å². The Hall–Kier alpha value is -1.69. The number of aliphatic hydroxyl groups excluding tert-OH is 2. The summed E-state index contributed by atoms with van der Waals surface area (Å²) < 4.78 is 10.3. The van der Waals surface area contributed by atoms with Crippen LogP contribution in [0.2, 0.25) is 0 Å². The molecule has 2 heterocycles. The van der Waals surface area contributed by atoms with Crippen LogP contribution in [-0.4, -0.2) is 34.9 Å². The first-order valence-corrected chi connectivity index (χ1v) is 11.1. The van der Waals surface area contributed by atoms with Crippen LogP contribution in [0.3, 0.4) is 0 Å². The monoisotopic (exact) mass is 416 g/mol.